The molecule has 0 aromatic heterocycles. The van der Waals surface area contributed by atoms with Gasteiger partial charge in [0.15, 0.2) is 0 Å². The summed E-state index contributed by atoms with van der Waals surface area (Å²) in [4.78, 5) is 12.0. The van der Waals surface area contributed by atoms with Gasteiger partial charge in [-0.25, -0.2) is 9.18 Å². The van der Waals surface area contributed by atoms with Crippen LogP contribution >= 0.6 is 0 Å². The molecule has 0 heterocycles. The van der Waals surface area contributed by atoms with Crippen LogP contribution in [0, 0.1) is 19.7 Å². The van der Waals surface area contributed by atoms with E-state index in [4.69, 9.17) is 10.5 Å². The first-order valence-electron chi connectivity index (χ1n) is 6.25. The molecule has 0 fully saturated rings. The Kier molecular flexibility index (Phi) is 4.03. The number of nitrogens with two attached hydrogens (primary N) is 1. The number of hydrogen-bond acceptors (Lipinski definition) is 3. The van der Waals surface area contributed by atoms with Crippen molar-refractivity contribution in [3.05, 3.63) is 64.5 Å². The molecule has 0 unspecified atom stereocenters. The molecule has 104 valence electrons. The van der Waals surface area contributed by atoms with Crippen LogP contribution in [0.1, 0.15) is 27.0 Å². The molecule has 0 radical (unpaired) electrons. The predicted octanol–water partition coefficient (Wildman–Crippen LogP) is 3.38. The molecule has 2 N–H and O–H groups in total. The number of carbonyl (C=O) groups excluding carboxylic acids is 1. The molecular formula is C16H16FNO2. The fourth-order valence-electron chi connectivity index (χ4n) is 1.90. The molecule has 2 aromatic rings. The highest BCUT2D eigenvalue weighted by Gasteiger charge is 2.11. The minimum Gasteiger partial charge on any atom is -0.457 e. The second-order valence-corrected chi connectivity index (χ2v) is 4.72. The standard InChI is InChI=1S/C16H16FNO2/c1-10-3-6-14(18)8-15(10)16(19)20-9-12-4-5-13(17)7-11(12)2/h3-8H,9,18H2,1-2H3. The van der Waals surface area contributed by atoms with E-state index in [0.717, 1.165) is 16.7 Å². The molecule has 0 spiro atoms. The number of halogens is 1. The lowest BCUT2D eigenvalue weighted by molar-refractivity contribution is 0.0471. The predicted molar refractivity (Wildman–Crippen MR) is 75.8 cm³/mol. The van der Waals surface area contributed by atoms with Crippen LogP contribution in [-0.2, 0) is 11.3 Å². The Morgan fingerprint density at radius 3 is 2.60 bits per heavy atom. The number of hydrogen-bond donors (Lipinski definition) is 1. The van der Waals surface area contributed by atoms with Crippen LogP contribution in [0.15, 0.2) is 36.4 Å². The van der Waals surface area contributed by atoms with Crippen molar-refractivity contribution in [1.29, 1.82) is 0 Å². The van der Waals surface area contributed by atoms with E-state index in [1.165, 1.54) is 12.1 Å². The van der Waals surface area contributed by atoms with E-state index < -0.39 is 5.97 Å². The number of anilines is 1. The Labute approximate surface area is 117 Å². The molecule has 0 aliphatic heterocycles. The quantitative estimate of drug-likeness (QED) is 0.689. The molecule has 0 aliphatic carbocycles. The normalized spacial score (nSPS) is 10.3. The first-order valence-corrected chi connectivity index (χ1v) is 6.25. The molecule has 0 saturated carbocycles. The number of benzene rings is 2. The van der Waals surface area contributed by atoms with Crippen molar-refractivity contribution in [3.8, 4) is 0 Å². The number of ether oxygens (including phenoxy) is 1. The molecule has 20 heavy (non-hydrogen) atoms. The summed E-state index contributed by atoms with van der Waals surface area (Å²) >= 11 is 0. The summed E-state index contributed by atoms with van der Waals surface area (Å²) in [6.07, 6.45) is 0. The van der Waals surface area contributed by atoms with Crippen molar-refractivity contribution in [2.45, 2.75) is 20.5 Å². The molecule has 0 atom stereocenters. The molecular weight excluding hydrogens is 257 g/mol. The monoisotopic (exact) mass is 273 g/mol. The highest BCUT2D eigenvalue weighted by Crippen LogP contribution is 2.16. The minimum atomic E-state index is -0.432. The first kappa shape index (κ1) is 14.1. The Bertz CT molecular complexity index is 653. The lowest BCUT2D eigenvalue weighted by Gasteiger charge is -2.09. The maximum atomic E-state index is 13.0. The van der Waals surface area contributed by atoms with E-state index in [9.17, 15) is 9.18 Å². The molecule has 2 aromatic carbocycles. The zero-order valence-electron chi connectivity index (χ0n) is 11.4. The van der Waals surface area contributed by atoms with Crippen molar-refractivity contribution in [3.63, 3.8) is 0 Å². The summed E-state index contributed by atoms with van der Waals surface area (Å²) < 4.78 is 18.2. The van der Waals surface area contributed by atoms with Crippen molar-refractivity contribution in [1.82, 2.24) is 0 Å². The molecule has 3 nitrogen and oxygen atoms in total. The molecule has 4 heteroatoms. The highest BCUT2D eigenvalue weighted by atomic mass is 19.1. The van der Waals surface area contributed by atoms with Gasteiger partial charge in [-0.2, -0.15) is 0 Å². The van der Waals surface area contributed by atoms with E-state index in [1.54, 1.807) is 31.2 Å². The smallest absolute Gasteiger partial charge is 0.338 e. The van der Waals surface area contributed by atoms with Crippen LogP contribution in [0.2, 0.25) is 0 Å². The number of rotatable bonds is 3. The number of nitrogen functional groups attached to an aromatic ring is 1. The molecule has 0 amide bonds. The number of aryl methyl sites for hydroxylation is 2. The summed E-state index contributed by atoms with van der Waals surface area (Å²) in [5.41, 5.74) is 8.96. The average molecular weight is 273 g/mol. The third-order valence-corrected chi connectivity index (χ3v) is 3.14. The summed E-state index contributed by atoms with van der Waals surface area (Å²) in [5, 5.41) is 0. The van der Waals surface area contributed by atoms with E-state index in [2.05, 4.69) is 0 Å². The second kappa shape index (κ2) is 5.74. The Balaban J connectivity index is 2.10. The lowest BCUT2D eigenvalue weighted by Crippen LogP contribution is -2.08. The summed E-state index contributed by atoms with van der Waals surface area (Å²) in [5.74, 6) is -0.734. The van der Waals surface area contributed by atoms with Gasteiger partial charge in [0.05, 0.1) is 5.56 Å². The molecule has 0 aliphatic rings. The van der Waals surface area contributed by atoms with E-state index in [0.29, 0.717) is 11.3 Å². The van der Waals surface area contributed by atoms with Gasteiger partial charge >= 0.3 is 5.97 Å². The minimum absolute atomic E-state index is 0.110. The second-order valence-electron chi connectivity index (χ2n) is 4.72. The maximum absolute atomic E-state index is 13.0. The van der Waals surface area contributed by atoms with Gasteiger partial charge < -0.3 is 10.5 Å². The van der Waals surface area contributed by atoms with Gasteiger partial charge in [-0.05, 0) is 54.8 Å². The lowest BCUT2D eigenvalue weighted by atomic mass is 10.1. The fourth-order valence-corrected chi connectivity index (χ4v) is 1.90. The Hall–Kier alpha value is -2.36. The third kappa shape index (κ3) is 3.15. The van der Waals surface area contributed by atoms with Crippen molar-refractivity contribution >= 4 is 11.7 Å². The molecule has 0 bridgehead atoms. The largest absolute Gasteiger partial charge is 0.457 e. The van der Waals surface area contributed by atoms with Gasteiger partial charge in [0.1, 0.15) is 12.4 Å². The topological polar surface area (TPSA) is 52.3 Å². The highest BCUT2D eigenvalue weighted by molar-refractivity contribution is 5.92. The van der Waals surface area contributed by atoms with Gasteiger partial charge in [-0.15, -0.1) is 0 Å². The van der Waals surface area contributed by atoms with Crippen molar-refractivity contribution < 1.29 is 13.9 Å². The van der Waals surface area contributed by atoms with E-state index in [-0.39, 0.29) is 12.4 Å². The summed E-state index contributed by atoms with van der Waals surface area (Å²) in [6.45, 7) is 3.70. The van der Waals surface area contributed by atoms with Gasteiger partial charge in [-0.3, -0.25) is 0 Å². The molecule has 0 saturated heterocycles. The number of carbonyl (C=O) groups is 1. The Morgan fingerprint density at radius 2 is 1.90 bits per heavy atom. The van der Waals surface area contributed by atoms with Gasteiger partial charge in [0.2, 0.25) is 0 Å². The Morgan fingerprint density at radius 1 is 1.15 bits per heavy atom. The zero-order chi connectivity index (χ0) is 14.7. The van der Waals surface area contributed by atoms with Crippen LogP contribution in [0.4, 0.5) is 10.1 Å². The maximum Gasteiger partial charge on any atom is 0.338 e. The van der Waals surface area contributed by atoms with Gasteiger partial charge in [0, 0.05) is 5.69 Å². The summed E-state index contributed by atoms with van der Waals surface area (Å²) in [6, 6.07) is 9.47. The fraction of sp³-hybridized carbons (Fsp3) is 0.188. The van der Waals surface area contributed by atoms with Crippen LogP contribution in [0.25, 0.3) is 0 Å². The SMILES string of the molecule is Cc1cc(F)ccc1COC(=O)c1cc(N)ccc1C. The van der Waals surface area contributed by atoms with Crippen LogP contribution in [-0.4, -0.2) is 5.97 Å². The first-order chi connectivity index (χ1) is 9.47. The van der Waals surface area contributed by atoms with Gasteiger partial charge in [0.25, 0.3) is 0 Å². The zero-order valence-corrected chi connectivity index (χ0v) is 11.4. The van der Waals surface area contributed by atoms with Crippen LogP contribution in [0.3, 0.4) is 0 Å². The van der Waals surface area contributed by atoms with E-state index >= 15 is 0 Å². The number of esters is 1. The molecule has 2 rings (SSSR count). The van der Waals surface area contributed by atoms with E-state index in [1.807, 2.05) is 6.92 Å². The van der Waals surface area contributed by atoms with Gasteiger partial charge in [-0.1, -0.05) is 12.1 Å². The van der Waals surface area contributed by atoms with Crippen molar-refractivity contribution in [2.24, 2.45) is 0 Å². The average Bonchev–Trinajstić information content (AvgIpc) is 2.40. The van der Waals surface area contributed by atoms with Crippen LogP contribution < -0.4 is 5.73 Å². The van der Waals surface area contributed by atoms with Crippen LogP contribution in [0.5, 0.6) is 0 Å². The summed E-state index contributed by atoms with van der Waals surface area (Å²) in [7, 11) is 0. The third-order valence-electron chi connectivity index (χ3n) is 3.14. The van der Waals surface area contributed by atoms with Crippen molar-refractivity contribution in [2.75, 3.05) is 5.73 Å².